The Morgan fingerprint density at radius 3 is 2.66 bits per heavy atom. The second kappa shape index (κ2) is 10.0. The van der Waals surface area contributed by atoms with Gasteiger partial charge in [0.15, 0.2) is 10.1 Å². The van der Waals surface area contributed by atoms with E-state index in [-0.39, 0.29) is 18.1 Å². The highest BCUT2D eigenvalue weighted by molar-refractivity contribution is 9.10. The largest absolute Gasteiger partial charge is 0.497 e. The lowest BCUT2D eigenvalue weighted by Gasteiger charge is -2.06. The van der Waals surface area contributed by atoms with Gasteiger partial charge in [0, 0.05) is 21.1 Å². The van der Waals surface area contributed by atoms with Gasteiger partial charge in [0.2, 0.25) is 5.91 Å². The molecule has 0 bridgehead atoms. The minimum absolute atomic E-state index is 0.0257. The molecule has 0 radical (unpaired) electrons. The SMILES string of the molecule is COc1ccc(C(=O)CSc2nc(CC(=O)Nc3ccc(Br)c(C)c3)cs2)cc1. The molecule has 29 heavy (non-hydrogen) atoms. The van der Waals surface area contributed by atoms with E-state index in [9.17, 15) is 9.59 Å². The number of thioether (sulfide) groups is 1. The summed E-state index contributed by atoms with van der Waals surface area (Å²) in [7, 11) is 1.59. The summed E-state index contributed by atoms with van der Waals surface area (Å²) >= 11 is 6.26. The molecule has 0 saturated heterocycles. The number of benzene rings is 2. The van der Waals surface area contributed by atoms with E-state index in [1.54, 1.807) is 31.4 Å². The molecular formula is C21H19BrN2O3S2. The van der Waals surface area contributed by atoms with Gasteiger partial charge < -0.3 is 10.1 Å². The molecule has 0 aliphatic carbocycles. The molecule has 0 unspecified atom stereocenters. The van der Waals surface area contributed by atoms with E-state index in [1.165, 1.54) is 23.1 Å². The summed E-state index contributed by atoms with van der Waals surface area (Å²) in [6.07, 6.45) is 0.193. The highest BCUT2D eigenvalue weighted by Gasteiger charge is 2.12. The van der Waals surface area contributed by atoms with E-state index in [0.717, 1.165) is 25.8 Å². The molecule has 1 aromatic heterocycles. The average molecular weight is 491 g/mol. The fraction of sp³-hybridized carbons (Fsp3) is 0.190. The Hall–Kier alpha value is -2.16. The molecule has 5 nitrogen and oxygen atoms in total. The van der Waals surface area contributed by atoms with Crippen LogP contribution in [0.15, 0.2) is 56.7 Å². The minimum atomic E-state index is -0.122. The number of carbonyl (C=O) groups excluding carboxylic acids is 2. The first kappa shape index (κ1) is 21.5. The Labute approximate surface area is 186 Å². The lowest BCUT2D eigenvalue weighted by molar-refractivity contribution is -0.115. The number of carbonyl (C=O) groups is 2. The highest BCUT2D eigenvalue weighted by Crippen LogP contribution is 2.25. The van der Waals surface area contributed by atoms with Crippen molar-refractivity contribution in [2.24, 2.45) is 0 Å². The molecule has 0 aliphatic heterocycles. The summed E-state index contributed by atoms with van der Waals surface area (Å²) in [6, 6.07) is 12.7. The van der Waals surface area contributed by atoms with Crippen molar-refractivity contribution in [3.05, 3.63) is 69.1 Å². The normalized spacial score (nSPS) is 10.6. The van der Waals surface area contributed by atoms with Crippen molar-refractivity contribution in [3.8, 4) is 5.75 Å². The number of hydrogen-bond acceptors (Lipinski definition) is 6. The number of amides is 1. The van der Waals surface area contributed by atoms with Gasteiger partial charge in [-0.2, -0.15) is 0 Å². The van der Waals surface area contributed by atoms with Crippen LogP contribution >= 0.6 is 39.0 Å². The van der Waals surface area contributed by atoms with Crippen molar-refractivity contribution in [1.29, 1.82) is 0 Å². The third-order valence-corrected chi connectivity index (χ3v) is 7.01. The molecule has 0 aliphatic rings. The van der Waals surface area contributed by atoms with Crippen LogP contribution in [0, 0.1) is 6.92 Å². The smallest absolute Gasteiger partial charge is 0.230 e. The van der Waals surface area contributed by atoms with E-state index in [0.29, 0.717) is 17.0 Å². The minimum Gasteiger partial charge on any atom is -0.497 e. The number of aromatic nitrogens is 1. The van der Waals surface area contributed by atoms with Crippen molar-refractivity contribution in [1.82, 2.24) is 4.98 Å². The molecule has 0 saturated carbocycles. The molecule has 1 N–H and O–H groups in total. The number of methoxy groups -OCH3 is 1. The van der Waals surface area contributed by atoms with E-state index in [2.05, 4.69) is 26.2 Å². The zero-order chi connectivity index (χ0) is 20.8. The topological polar surface area (TPSA) is 68.3 Å². The third-order valence-electron chi connectivity index (χ3n) is 4.05. The predicted molar refractivity (Wildman–Crippen MR) is 121 cm³/mol. The lowest BCUT2D eigenvalue weighted by Crippen LogP contribution is -2.14. The van der Waals surface area contributed by atoms with E-state index < -0.39 is 0 Å². The van der Waals surface area contributed by atoms with Crippen LogP contribution in [0.25, 0.3) is 0 Å². The van der Waals surface area contributed by atoms with Crippen LogP contribution in [0.2, 0.25) is 0 Å². The quantitative estimate of drug-likeness (QED) is 0.339. The van der Waals surface area contributed by atoms with E-state index in [4.69, 9.17) is 4.74 Å². The lowest BCUT2D eigenvalue weighted by atomic mass is 10.1. The number of Topliss-reactive ketones (excluding diaryl/α,β-unsaturated/α-hetero) is 1. The number of rotatable bonds is 8. The van der Waals surface area contributed by atoms with Crippen LogP contribution in [0.5, 0.6) is 5.75 Å². The Kier molecular flexibility index (Phi) is 7.46. The Balaban J connectivity index is 1.51. The maximum absolute atomic E-state index is 12.3. The summed E-state index contributed by atoms with van der Waals surface area (Å²) in [5.74, 6) is 0.917. The third kappa shape index (κ3) is 6.16. The van der Waals surface area contributed by atoms with Crippen LogP contribution in [0.3, 0.4) is 0 Å². The average Bonchev–Trinajstić information content (AvgIpc) is 3.16. The van der Waals surface area contributed by atoms with Gasteiger partial charge in [-0.05, 0) is 55.0 Å². The maximum Gasteiger partial charge on any atom is 0.230 e. The van der Waals surface area contributed by atoms with Crippen LogP contribution in [-0.4, -0.2) is 29.5 Å². The zero-order valence-electron chi connectivity index (χ0n) is 15.9. The first-order chi connectivity index (χ1) is 13.9. The number of ether oxygens (including phenoxy) is 1. The summed E-state index contributed by atoms with van der Waals surface area (Å²) in [5.41, 5.74) is 3.14. The van der Waals surface area contributed by atoms with Crippen molar-refractivity contribution < 1.29 is 14.3 Å². The monoisotopic (exact) mass is 490 g/mol. The summed E-state index contributed by atoms with van der Waals surface area (Å²) in [5, 5.41) is 4.74. The molecule has 3 aromatic rings. The molecule has 8 heteroatoms. The van der Waals surface area contributed by atoms with Crippen LogP contribution < -0.4 is 10.1 Å². The summed E-state index contributed by atoms with van der Waals surface area (Å²) in [6.45, 7) is 1.97. The first-order valence-corrected chi connectivity index (χ1v) is 11.4. The fourth-order valence-electron chi connectivity index (χ4n) is 2.52. The number of aryl methyl sites for hydroxylation is 1. The molecule has 3 rings (SSSR count). The molecule has 1 heterocycles. The number of nitrogens with zero attached hydrogens (tertiary/aromatic N) is 1. The number of hydrogen-bond donors (Lipinski definition) is 1. The number of nitrogens with one attached hydrogen (secondary N) is 1. The molecule has 0 spiro atoms. The summed E-state index contributed by atoms with van der Waals surface area (Å²) in [4.78, 5) is 29.0. The fourth-order valence-corrected chi connectivity index (χ4v) is 4.50. The van der Waals surface area contributed by atoms with Gasteiger partial charge in [-0.15, -0.1) is 11.3 Å². The number of thiazole rings is 1. The molecule has 1 amide bonds. The van der Waals surface area contributed by atoms with Crippen molar-refractivity contribution in [3.63, 3.8) is 0 Å². The predicted octanol–water partition coefficient (Wildman–Crippen LogP) is 5.38. The van der Waals surface area contributed by atoms with Gasteiger partial charge in [-0.3, -0.25) is 9.59 Å². The molecule has 150 valence electrons. The van der Waals surface area contributed by atoms with Gasteiger partial charge in [0.25, 0.3) is 0 Å². The van der Waals surface area contributed by atoms with E-state index in [1.807, 2.05) is 30.5 Å². The Morgan fingerprint density at radius 1 is 1.21 bits per heavy atom. The number of anilines is 1. The molecule has 2 aromatic carbocycles. The van der Waals surface area contributed by atoms with E-state index >= 15 is 0 Å². The second-order valence-corrected chi connectivity index (χ2v) is 9.17. The highest BCUT2D eigenvalue weighted by atomic mass is 79.9. The van der Waals surface area contributed by atoms with Crippen LogP contribution in [0.4, 0.5) is 5.69 Å². The maximum atomic E-state index is 12.3. The second-order valence-electron chi connectivity index (χ2n) is 6.23. The molecule has 0 atom stereocenters. The van der Waals surface area contributed by atoms with Gasteiger partial charge >= 0.3 is 0 Å². The Morgan fingerprint density at radius 2 is 1.97 bits per heavy atom. The van der Waals surface area contributed by atoms with Gasteiger partial charge in [0.1, 0.15) is 5.75 Å². The first-order valence-electron chi connectivity index (χ1n) is 8.75. The summed E-state index contributed by atoms with van der Waals surface area (Å²) < 4.78 is 6.87. The van der Waals surface area contributed by atoms with Crippen LogP contribution in [-0.2, 0) is 11.2 Å². The standard InChI is InChI=1S/C21H19BrN2O3S2/c1-13-9-15(5-8-18(13)22)23-20(26)10-16-11-28-21(24-16)29-12-19(25)14-3-6-17(27-2)7-4-14/h3-9,11H,10,12H2,1-2H3,(H,23,26). The zero-order valence-corrected chi connectivity index (χ0v) is 19.1. The molecule has 0 fully saturated rings. The van der Waals surface area contributed by atoms with Gasteiger partial charge in [-0.1, -0.05) is 27.7 Å². The number of halogens is 1. The number of ketones is 1. The van der Waals surface area contributed by atoms with Crippen molar-refractivity contribution >= 4 is 56.4 Å². The van der Waals surface area contributed by atoms with Gasteiger partial charge in [-0.25, -0.2) is 4.98 Å². The van der Waals surface area contributed by atoms with Crippen LogP contribution in [0.1, 0.15) is 21.6 Å². The van der Waals surface area contributed by atoms with Crippen molar-refractivity contribution in [2.45, 2.75) is 17.7 Å². The van der Waals surface area contributed by atoms with Gasteiger partial charge in [0.05, 0.1) is 25.0 Å². The van der Waals surface area contributed by atoms with Crippen molar-refractivity contribution in [2.75, 3.05) is 18.2 Å². The molecular weight excluding hydrogens is 472 g/mol. The Bertz CT molecular complexity index is 1020.